The van der Waals surface area contributed by atoms with Crippen molar-refractivity contribution in [2.45, 2.75) is 5.50 Å². The Hall–Kier alpha value is -1.63. The van der Waals surface area contributed by atoms with Gasteiger partial charge in [-0.3, -0.25) is 4.90 Å². The highest BCUT2D eigenvalue weighted by Gasteiger charge is 2.25. The van der Waals surface area contributed by atoms with E-state index in [1.54, 1.807) is 22.4 Å². The number of nitrogens with zero attached hydrogens (tertiary/aromatic N) is 3. The zero-order valence-electron chi connectivity index (χ0n) is 12.2. The topological polar surface area (TPSA) is 48.5 Å². The Bertz CT molecular complexity index is 632. The molecule has 1 aromatic carbocycles. The number of alkyl halides is 1. The van der Waals surface area contributed by atoms with E-state index in [0.717, 1.165) is 22.8 Å². The number of hydrogen-bond acceptors (Lipinski definition) is 4. The van der Waals surface area contributed by atoms with Gasteiger partial charge in [-0.1, -0.05) is 0 Å². The molecule has 1 saturated heterocycles. The number of benzene rings is 1. The Morgan fingerprint density at radius 2 is 2.14 bits per heavy atom. The van der Waals surface area contributed by atoms with Crippen molar-refractivity contribution >= 4 is 34.7 Å². The molecular weight excluding hydrogens is 320 g/mol. The van der Waals surface area contributed by atoms with Gasteiger partial charge in [0.15, 0.2) is 0 Å². The lowest BCUT2D eigenvalue weighted by Gasteiger charge is -2.36. The number of hydrogen-bond donors (Lipinski definition) is 1. The predicted molar refractivity (Wildman–Crippen MR) is 90.4 cm³/mol. The summed E-state index contributed by atoms with van der Waals surface area (Å²) in [5.41, 5.74) is 1.69. The normalized spacial score (nSPS) is 19.2. The Labute approximate surface area is 138 Å². The van der Waals surface area contributed by atoms with Gasteiger partial charge in [0.25, 0.3) is 0 Å². The van der Waals surface area contributed by atoms with Crippen LogP contribution in [0.5, 0.6) is 0 Å². The number of likely N-dealkylation sites (N-methyl/N-ethyl adjacent to an activating group) is 1. The minimum absolute atomic E-state index is 0.110. The zero-order valence-corrected chi connectivity index (χ0v) is 13.8. The quantitative estimate of drug-likeness (QED) is 0.677. The maximum absolute atomic E-state index is 12.3. The second kappa shape index (κ2) is 6.64. The smallest absolute Gasteiger partial charge is 0.320 e. The fourth-order valence-corrected chi connectivity index (χ4v) is 3.19. The number of piperazine rings is 1. The maximum atomic E-state index is 12.3. The highest BCUT2D eigenvalue weighted by Crippen LogP contribution is 2.23. The standard InChI is InChI=1S/C15H17ClN4OS/c1-19-7-8-20(10-13(19)16)15(21)18-12-4-2-11(3-5-12)14-17-6-9-22-14/h2-6,9,13H,7-8,10H2,1H3,(H,18,21). The van der Waals surface area contributed by atoms with Gasteiger partial charge in [-0.25, -0.2) is 9.78 Å². The summed E-state index contributed by atoms with van der Waals surface area (Å²) >= 11 is 7.78. The first kappa shape index (κ1) is 15.3. The van der Waals surface area contributed by atoms with Gasteiger partial charge >= 0.3 is 6.03 Å². The van der Waals surface area contributed by atoms with Gasteiger partial charge < -0.3 is 10.2 Å². The zero-order chi connectivity index (χ0) is 15.5. The molecule has 2 heterocycles. The number of aromatic nitrogens is 1. The van der Waals surface area contributed by atoms with Gasteiger partial charge in [0.2, 0.25) is 0 Å². The summed E-state index contributed by atoms with van der Waals surface area (Å²) in [7, 11) is 1.96. The van der Waals surface area contributed by atoms with E-state index in [-0.39, 0.29) is 11.5 Å². The summed E-state index contributed by atoms with van der Waals surface area (Å²) in [5, 5.41) is 5.83. The van der Waals surface area contributed by atoms with E-state index in [4.69, 9.17) is 11.6 Å². The molecule has 1 aliphatic rings. The van der Waals surface area contributed by atoms with Crippen molar-refractivity contribution in [1.82, 2.24) is 14.8 Å². The summed E-state index contributed by atoms with van der Waals surface area (Å²) < 4.78 is 0. The third-order valence-corrected chi connectivity index (χ3v) is 4.97. The van der Waals surface area contributed by atoms with E-state index >= 15 is 0 Å². The van der Waals surface area contributed by atoms with E-state index < -0.39 is 0 Å². The minimum atomic E-state index is -0.133. The molecule has 3 rings (SSSR count). The molecule has 1 fully saturated rings. The number of amides is 2. The summed E-state index contributed by atoms with van der Waals surface area (Å²) in [5.74, 6) is 0. The maximum Gasteiger partial charge on any atom is 0.321 e. The van der Waals surface area contributed by atoms with Crippen LogP contribution >= 0.6 is 22.9 Å². The van der Waals surface area contributed by atoms with Crippen molar-refractivity contribution < 1.29 is 4.79 Å². The molecule has 1 aromatic heterocycles. The third kappa shape index (κ3) is 3.40. The third-order valence-electron chi connectivity index (χ3n) is 3.67. The monoisotopic (exact) mass is 336 g/mol. The summed E-state index contributed by atoms with van der Waals surface area (Å²) in [6.45, 7) is 1.99. The highest BCUT2D eigenvalue weighted by molar-refractivity contribution is 7.13. The average Bonchev–Trinajstić information content (AvgIpc) is 3.05. The molecular formula is C15H17ClN4OS. The Morgan fingerprint density at radius 1 is 1.36 bits per heavy atom. The van der Waals surface area contributed by atoms with E-state index in [0.29, 0.717) is 13.1 Å². The molecule has 1 atom stereocenters. The largest absolute Gasteiger partial charge is 0.321 e. The molecule has 116 valence electrons. The number of urea groups is 1. The van der Waals surface area contributed by atoms with Crippen molar-refractivity contribution in [3.05, 3.63) is 35.8 Å². The van der Waals surface area contributed by atoms with E-state index in [1.165, 1.54) is 0 Å². The second-order valence-corrected chi connectivity index (χ2v) is 6.60. The molecule has 0 spiro atoms. The van der Waals surface area contributed by atoms with Gasteiger partial charge in [-0.2, -0.15) is 0 Å². The Morgan fingerprint density at radius 3 is 2.77 bits per heavy atom. The number of anilines is 1. The van der Waals surface area contributed by atoms with Crippen LogP contribution in [0.1, 0.15) is 0 Å². The number of rotatable bonds is 2. The van der Waals surface area contributed by atoms with Gasteiger partial charge in [-0.05, 0) is 31.3 Å². The molecule has 1 N–H and O–H groups in total. The van der Waals surface area contributed by atoms with Crippen LogP contribution in [0.3, 0.4) is 0 Å². The molecule has 0 saturated carbocycles. The molecule has 7 heteroatoms. The van der Waals surface area contributed by atoms with Gasteiger partial charge in [0.1, 0.15) is 10.5 Å². The summed E-state index contributed by atoms with van der Waals surface area (Å²) in [4.78, 5) is 20.3. The van der Waals surface area contributed by atoms with Gasteiger partial charge in [0.05, 0.1) is 6.54 Å². The molecule has 0 radical (unpaired) electrons. The second-order valence-electron chi connectivity index (χ2n) is 5.21. The summed E-state index contributed by atoms with van der Waals surface area (Å²) in [6, 6.07) is 7.60. The molecule has 22 heavy (non-hydrogen) atoms. The van der Waals surface area contributed by atoms with Crippen LogP contribution in [0.2, 0.25) is 0 Å². The first-order valence-corrected chi connectivity index (χ1v) is 8.35. The number of nitrogens with one attached hydrogen (secondary N) is 1. The molecule has 1 unspecified atom stereocenters. The van der Waals surface area contributed by atoms with E-state index in [2.05, 4.69) is 10.3 Å². The Balaban J connectivity index is 1.62. The van der Waals surface area contributed by atoms with E-state index in [1.807, 2.05) is 41.6 Å². The van der Waals surface area contributed by atoms with Crippen LogP contribution in [0, 0.1) is 0 Å². The first-order valence-electron chi connectivity index (χ1n) is 7.03. The molecule has 2 amide bonds. The number of halogens is 1. The SMILES string of the molecule is CN1CCN(C(=O)Nc2ccc(-c3nccs3)cc2)CC1Cl. The van der Waals surface area contributed by atoms with Crippen molar-refractivity contribution in [3.63, 3.8) is 0 Å². The number of carbonyl (C=O) groups is 1. The predicted octanol–water partition coefficient (Wildman–Crippen LogP) is 3.15. The molecule has 1 aliphatic heterocycles. The molecule has 5 nitrogen and oxygen atoms in total. The number of carbonyl (C=O) groups excluding carboxylic acids is 1. The molecule has 0 aliphatic carbocycles. The lowest BCUT2D eigenvalue weighted by Crippen LogP contribution is -2.52. The van der Waals surface area contributed by atoms with Crippen LogP contribution in [-0.4, -0.2) is 53.0 Å². The van der Waals surface area contributed by atoms with E-state index in [9.17, 15) is 4.79 Å². The number of thiazole rings is 1. The lowest BCUT2D eigenvalue weighted by molar-refractivity contribution is 0.150. The highest BCUT2D eigenvalue weighted by atomic mass is 35.5. The Kier molecular flexibility index (Phi) is 4.61. The average molecular weight is 337 g/mol. The first-order chi connectivity index (χ1) is 10.6. The van der Waals surface area contributed by atoms with Gasteiger partial charge in [-0.15, -0.1) is 22.9 Å². The van der Waals surface area contributed by atoms with Crippen molar-refractivity contribution in [3.8, 4) is 10.6 Å². The van der Waals surface area contributed by atoms with Crippen LogP contribution in [0.4, 0.5) is 10.5 Å². The van der Waals surface area contributed by atoms with Crippen LogP contribution in [0.15, 0.2) is 35.8 Å². The van der Waals surface area contributed by atoms with Gasteiger partial charge in [0, 0.05) is 35.9 Å². The fraction of sp³-hybridized carbons (Fsp3) is 0.333. The van der Waals surface area contributed by atoms with Crippen molar-refractivity contribution in [1.29, 1.82) is 0 Å². The molecule has 0 bridgehead atoms. The molecule has 2 aromatic rings. The van der Waals surface area contributed by atoms with Crippen molar-refractivity contribution in [2.24, 2.45) is 0 Å². The van der Waals surface area contributed by atoms with Crippen LogP contribution < -0.4 is 5.32 Å². The van der Waals surface area contributed by atoms with Crippen LogP contribution in [0.25, 0.3) is 10.6 Å². The van der Waals surface area contributed by atoms with Crippen molar-refractivity contribution in [2.75, 3.05) is 32.0 Å². The fourth-order valence-electron chi connectivity index (χ4n) is 2.28. The lowest BCUT2D eigenvalue weighted by atomic mass is 10.2. The minimum Gasteiger partial charge on any atom is -0.320 e. The summed E-state index contributed by atoms with van der Waals surface area (Å²) in [6.07, 6.45) is 1.78. The van der Waals surface area contributed by atoms with Crippen LogP contribution in [-0.2, 0) is 0 Å².